The molecule has 1 aromatic heterocycles. The highest BCUT2D eigenvalue weighted by molar-refractivity contribution is 8.02. The highest BCUT2D eigenvalue weighted by Crippen LogP contribution is 2.35. The Bertz CT molecular complexity index is 751. The summed E-state index contributed by atoms with van der Waals surface area (Å²) in [5.74, 6) is 1.76. The zero-order chi connectivity index (χ0) is 17.8. The van der Waals surface area contributed by atoms with E-state index in [0.717, 1.165) is 16.0 Å². The minimum atomic E-state index is -0.295. The van der Waals surface area contributed by atoms with Gasteiger partial charge in [0.2, 0.25) is 17.8 Å². The van der Waals surface area contributed by atoms with Crippen molar-refractivity contribution in [2.45, 2.75) is 30.4 Å². The molecule has 0 radical (unpaired) electrons. The van der Waals surface area contributed by atoms with Gasteiger partial charge in [-0.1, -0.05) is 36.9 Å². The summed E-state index contributed by atoms with van der Waals surface area (Å²) >= 11 is 2.84. The molecule has 134 valence electrons. The van der Waals surface area contributed by atoms with Crippen LogP contribution in [0.15, 0.2) is 22.5 Å². The number of thioether (sulfide) groups is 1. The summed E-state index contributed by atoms with van der Waals surface area (Å²) in [6.07, 6.45) is 0. The molecule has 0 unspecified atom stereocenters. The first-order chi connectivity index (χ1) is 12.0. The fourth-order valence-corrected chi connectivity index (χ4v) is 3.95. The van der Waals surface area contributed by atoms with Gasteiger partial charge in [-0.25, -0.2) is 0 Å². The van der Waals surface area contributed by atoms with Gasteiger partial charge in [-0.3, -0.25) is 4.79 Å². The standard InChI is InChI=1S/C16H20N4O3S2/c1-9(2)7-17-15-19-20-16(25-15)24-10(3)14(21)18-11-4-5-12-13(6-11)23-8-22-12/h4-6,9-10H,7-8H2,1-3H3,(H,17,19)(H,18,21)/t10-/m0/s1. The Hall–Kier alpha value is -2.00. The number of nitrogens with one attached hydrogen (secondary N) is 2. The molecule has 2 heterocycles. The molecule has 7 nitrogen and oxygen atoms in total. The Morgan fingerprint density at radius 3 is 2.88 bits per heavy atom. The molecule has 0 saturated carbocycles. The first kappa shape index (κ1) is 17.8. The van der Waals surface area contributed by atoms with Crippen LogP contribution in [0.5, 0.6) is 11.5 Å². The Morgan fingerprint density at radius 1 is 1.28 bits per heavy atom. The van der Waals surface area contributed by atoms with Crippen molar-refractivity contribution in [3.8, 4) is 11.5 Å². The van der Waals surface area contributed by atoms with E-state index >= 15 is 0 Å². The van der Waals surface area contributed by atoms with Gasteiger partial charge in [0.25, 0.3) is 0 Å². The predicted molar refractivity (Wildman–Crippen MR) is 99.8 cm³/mol. The van der Waals surface area contributed by atoms with Gasteiger partial charge in [-0.05, 0) is 25.0 Å². The Kier molecular flexibility index (Phi) is 5.64. The van der Waals surface area contributed by atoms with Gasteiger partial charge in [-0.2, -0.15) is 0 Å². The number of rotatable bonds is 7. The molecule has 0 aliphatic carbocycles. The van der Waals surface area contributed by atoms with E-state index in [4.69, 9.17) is 9.47 Å². The Labute approximate surface area is 154 Å². The van der Waals surface area contributed by atoms with Crippen molar-refractivity contribution in [3.05, 3.63) is 18.2 Å². The fourth-order valence-electron chi connectivity index (χ4n) is 2.04. The van der Waals surface area contributed by atoms with Crippen molar-refractivity contribution in [2.24, 2.45) is 5.92 Å². The van der Waals surface area contributed by atoms with Gasteiger partial charge in [0.15, 0.2) is 15.8 Å². The van der Waals surface area contributed by atoms with Crippen LogP contribution in [0.3, 0.4) is 0 Å². The second-order valence-corrected chi connectivity index (χ2v) is 8.53. The SMILES string of the molecule is CC(C)CNc1nnc(S[C@@H](C)C(=O)Nc2ccc3c(c2)OCO3)s1. The first-order valence-electron chi connectivity index (χ1n) is 7.96. The number of ether oxygens (including phenoxy) is 2. The minimum absolute atomic E-state index is 0.101. The molecule has 25 heavy (non-hydrogen) atoms. The van der Waals surface area contributed by atoms with Crippen LogP contribution in [0.2, 0.25) is 0 Å². The van der Waals surface area contributed by atoms with E-state index in [1.54, 1.807) is 18.2 Å². The number of amides is 1. The van der Waals surface area contributed by atoms with Gasteiger partial charge in [0, 0.05) is 18.3 Å². The molecule has 0 fully saturated rings. The third kappa shape index (κ3) is 4.76. The number of hydrogen-bond acceptors (Lipinski definition) is 8. The van der Waals surface area contributed by atoms with Gasteiger partial charge in [0.1, 0.15) is 0 Å². The van der Waals surface area contributed by atoms with E-state index in [1.807, 2.05) is 6.92 Å². The second kappa shape index (κ2) is 7.92. The van der Waals surface area contributed by atoms with Gasteiger partial charge in [0.05, 0.1) is 5.25 Å². The summed E-state index contributed by atoms with van der Waals surface area (Å²) in [5, 5.41) is 14.8. The molecule has 1 aromatic carbocycles. The van der Waals surface area contributed by atoms with E-state index in [9.17, 15) is 4.79 Å². The molecule has 2 N–H and O–H groups in total. The van der Waals surface area contributed by atoms with Crippen molar-refractivity contribution < 1.29 is 14.3 Å². The molecule has 0 bridgehead atoms. The van der Waals surface area contributed by atoms with Gasteiger partial charge < -0.3 is 20.1 Å². The molecule has 0 saturated heterocycles. The maximum atomic E-state index is 12.4. The lowest BCUT2D eigenvalue weighted by atomic mass is 10.2. The normalized spacial score (nSPS) is 13.8. The maximum absolute atomic E-state index is 12.4. The lowest BCUT2D eigenvalue weighted by Gasteiger charge is -2.10. The molecule has 1 aliphatic heterocycles. The molecule has 1 atom stereocenters. The number of aromatic nitrogens is 2. The maximum Gasteiger partial charge on any atom is 0.237 e. The zero-order valence-electron chi connectivity index (χ0n) is 14.2. The highest BCUT2D eigenvalue weighted by Gasteiger charge is 2.19. The number of carbonyl (C=O) groups excluding carboxylic acids is 1. The average molecular weight is 380 g/mol. The van der Waals surface area contributed by atoms with E-state index in [-0.39, 0.29) is 18.0 Å². The molecule has 1 amide bonds. The Balaban J connectivity index is 1.54. The van der Waals surface area contributed by atoms with Crippen LogP contribution in [-0.2, 0) is 4.79 Å². The molecular weight excluding hydrogens is 360 g/mol. The zero-order valence-corrected chi connectivity index (χ0v) is 15.9. The van der Waals surface area contributed by atoms with Crippen molar-refractivity contribution in [1.29, 1.82) is 0 Å². The van der Waals surface area contributed by atoms with Gasteiger partial charge in [-0.15, -0.1) is 10.2 Å². The quantitative estimate of drug-likeness (QED) is 0.712. The van der Waals surface area contributed by atoms with Gasteiger partial charge >= 0.3 is 0 Å². The molecule has 0 spiro atoms. The lowest BCUT2D eigenvalue weighted by molar-refractivity contribution is -0.115. The summed E-state index contributed by atoms with van der Waals surface area (Å²) in [6.45, 7) is 7.16. The van der Waals surface area contributed by atoms with E-state index in [0.29, 0.717) is 23.1 Å². The Morgan fingerprint density at radius 2 is 2.08 bits per heavy atom. The number of fused-ring (bicyclic) bond motifs is 1. The van der Waals surface area contributed by atoms with E-state index in [1.165, 1.54) is 23.1 Å². The molecule has 3 rings (SSSR count). The van der Waals surface area contributed by atoms with E-state index in [2.05, 4.69) is 34.7 Å². The summed E-state index contributed by atoms with van der Waals surface area (Å²) in [4.78, 5) is 12.4. The third-order valence-electron chi connectivity index (χ3n) is 3.35. The summed E-state index contributed by atoms with van der Waals surface area (Å²) in [5.41, 5.74) is 0.679. The van der Waals surface area contributed by atoms with Crippen LogP contribution in [0.1, 0.15) is 20.8 Å². The van der Waals surface area contributed by atoms with Crippen LogP contribution in [0.25, 0.3) is 0 Å². The lowest BCUT2D eigenvalue weighted by Crippen LogP contribution is -2.22. The molecule has 9 heteroatoms. The predicted octanol–water partition coefficient (Wildman–Crippen LogP) is 3.45. The van der Waals surface area contributed by atoms with Crippen LogP contribution in [0.4, 0.5) is 10.8 Å². The number of benzene rings is 1. The van der Waals surface area contributed by atoms with Crippen LogP contribution < -0.4 is 20.1 Å². The number of hydrogen-bond donors (Lipinski definition) is 2. The average Bonchev–Trinajstić information content (AvgIpc) is 3.21. The largest absolute Gasteiger partial charge is 0.454 e. The monoisotopic (exact) mass is 380 g/mol. The van der Waals surface area contributed by atoms with Crippen LogP contribution in [-0.4, -0.2) is 34.7 Å². The van der Waals surface area contributed by atoms with Crippen molar-refractivity contribution >= 4 is 39.8 Å². The number of anilines is 2. The topological polar surface area (TPSA) is 85.4 Å². The molecular formula is C16H20N4O3S2. The third-order valence-corrected chi connectivity index (χ3v) is 5.42. The molecule has 2 aromatic rings. The van der Waals surface area contributed by atoms with Crippen molar-refractivity contribution in [2.75, 3.05) is 24.0 Å². The summed E-state index contributed by atoms with van der Waals surface area (Å²) < 4.78 is 11.3. The van der Waals surface area contributed by atoms with Crippen LogP contribution in [0, 0.1) is 5.92 Å². The summed E-state index contributed by atoms with van der Waals surface area (Å²) in [6, 6.07) is 5.34. The van der Waals surface area contributed by atoms with Crippen LogP contribution >= 0.6 is 23.1 Å². The second-order valence-electron chi connectivity index (χ2n) is 5.97. The van der Waals surface area contributed by atoms with E-state index < -0.39 is 0 Å². The smallest absolute Gasteiger partial charge is 0.237 e. The summed E-state index contributed by atoms with van der Waals surface area (Å²) in [7, 11) is 0. The number of nitrogens with zero attached hydrogens (tertiary/aromatic N) is 2. The van der Waals surface area contributed by atoms with Crippen molar-refractivity contribution in [1.82, 2.24) is 10.2 Å². The van der Waals surface area contributed by atoms with Crippen molar-refractivity contribution in [3.63, 3.8) is 0 Å². The first-order valence-corrected chi connectivity index (χ1v) is 9.65. The highest BCUT2D eigenvalue weighted by atomic mass is 32.2. The molecule has 1 aliphatic rings. The number of carbonyl (C=O) groups is 1. The minimum Gasteiger partial charge on any atom is -0.454 e. The fraction of sp³-hybridized carbons (Fsp3) is 0.438.